The molecule has 1 aliphatic heterocycles. The molecule has 0 saturated carbocycles. The first-order valence-corrected chi connectivity index (χ1v) is 7.76. The van der Waals surface area contributed by atoms with Crippen molar-refractivity contribution in [2.24, 2.45) is 5.73 Å². The Bertz CT molecular complexity index is 934. The highest BCUT2D eigenvalue weighted by Gasteiger charge is 2.20. The predicted octanol–water partition coefficient (Wildman–Crippen LogP) is 4.17. The smallest absolute Gasteiger partial charge is 0.231 e. The fourth-order valence-electron chi connectivity index (χ4n) is 3.04. The monoisotopic (exact) mass is 394 g/mol. The van der Waals surface area contributed by atoms with Gasteiger partial charge in [-0.3, -0.25) is 4.98 Å². The molecule has 4 rings (SSSR count). The Morgan fingerprint density at radius 2 is 1.81 bits per heavy atom. The molecule has 0 fully saturated rings. The number of aromatic nitrogens is 1. The van der Waals surface area contributed by atoms with Crippen molar-refractivity contribution in [1.82, 2.24) is 4.98 Å². The van der Waals surface area contributed by atoms with Gasteiger partial charge in [-0.2, -0.15) is 0 Å². The van der Waals surface area contributed by atoms with Gasteiger partial charge in [0.25, 0.3) is 0 Å². The molecule has 2 N–H and O–H groups in total. The summed E-state index contributed by atoms with van der Waals surface area (Å²) in [4.78, 5) is 4.70. The maximum atomic E-state index is 6.53. The zero-order valence-electron chi connectivity index (χ0n) is 14.4. The first-order valence-electron chi connectivity index (χ1n) is 7.76. The Hall–Kier alpha value is -2.21. The third-order valence-corrected chi connectivity index (χ3v) is 4.23. The van der Waals surface area contributed by atoms with Crippen molar-refractivity contribution < 1.29 is 14.2 Å². The Kier molecular flexibility index (Phi) is 6.18. The Morgan fingerprint density at radius 1 is 1.08 bits per heavy atom. The number of aryl methyl sites for hydroxylation is 1. The lowest BCUT2D eigenvalue weighted by molar-refractivity contribution is 0.174. The lowest BCUT2D eigenvalue weighted by Gasteiger charge is -2.16. The van der Waals surface area contributed by atoms with Crippen LogP contribution in [0.25, 0.3) is 10.8 Å². The van der Waals surface area contributed by atoms with Crippen molar-refractivity contribution in [2.75, 3.05) is 13.9 Å². The van der Waals surface area contributed by atoms with Gasteiger partial charge in [-0.25, -0.2) is 0 Å². The fraction of sp³-hybridized carbons (Fsp3) is 0.211. The minimum atomic E-state index is -0.358. The molecule has 138 valence electrons. The predicted molar refractivity (Wildman–Crippen MR) is 106 cm³/mol. The molecule has 0 aliphatic carbocycles. The number of hydrogen-bond donors (Lipinski definition) is 1. The highest BCUT2D eigenvalue weighted by atomic mass is 35.5. The SMILES string of the molecule is COc1cccc(C(N)c2nc(C)cc3cc4c(cc23)OCO4)c1.Cl.Cl. The lowest BCUT2D eigenvalue weighted by atomic mass is 9.98. The Labute approximate surface area is 164 Å². The summed E-state index contributed by atoms with van der Waals surface area (Å²) in [6.45, 7) is 2.21. The van der Waals surface area contributed by atoms with Gasteiger partial charge in [0.05, 0.1) is 18.8 Å². The largest absolute Gasteiger partial charge is 0.497 e. The van der Waals surface area contributed by atoms with Crippen LogP contribution in [0.5, 0.6) is 17.2 Å². The number of benzene rings is 2. The van der Waals surface area contributed by atoms with Crippen molar-refractivity contribution in [2.45, 2.75) is 13.0 Å². The van der Waals surface area contributed by atoms with Gasteiger partial charge in [-0.15, -0.1) is 24.8 Å². The van der Waals surface area contributed by atoms with Crippen LogP contribution >= 0.6 is 24.8 Å². The molecule has 3 aromatic rings. The zero-order valence-corrected chi connectivity index (χ0v) is 16.0. The number of nitrogens with zero attached hydrogens (tertiary/aromatic N) is 1. The molecular formula is C19H20Cl2N2O3. The van der Waals surface area contributed by atoms with Crippen LogP contribution in [0.2, 0.25) is 0 Å². The van der Waals surface area contributed by atoms with Gasteiger partial charge in [-0.05, 0) is 48.2 Å². The van der Waals surface area contributed by atoms with Gasteiger partial charge in [-0.1, -0.05) is 12.1 Å². The molecule has 1 atom stereocenters. The number of methoxy groups -OCH3 is 1. The first-order chi connectivity index (χ1) is 11.7. The van der Waals surface area contributed by atoms with Crippen molar-refractivity contribution in [3.63, 3.8) is 0 Å². The van der Waals surface area contributed by atoms with E-state index in [2.05, 4.69) is 0 Å². The van der Waals surface area contributed by atoms with E-state index in [1.54, 1.807) is 7.11 Å². The molecule has 2 aromatic carbocycles. The normalized spacial score (nSPS) is 12.9. The second kappa shape index (κ2) is 7.99. The average Bonchev–Trinajstić information content (AvgIpc) is 3.06. The number of fused-ring (bicyclic) bond motifs is 2. The van der Waals surface area contributed by atoms with Crippen molar-refractivity contribution in [3.8, 4) is 17.2 Å². The van der Waals surface area contributed by atoms with Crippen molar-refractivity contribution in [3.05, 3.63) is 59.4 Å². The Morgan fingerprint density at radius 3 is 2.54 bits per heavy atom. The minimum Gasteiger partial charge on any atom is -0.497 e. The molecule has 0 bridgehead atoms. The zero-order chi connectivity index (χ0) is 16.7. The van der Waals surface area contributed by atoms with Crippen LogP contribution in [-0.2, 0) is 0 Å². The Balaban J connectivity index is 0.00000121. The van der Waals surface area contributed by atoms with Crippen molar-refractivity contribution in [1.29, 1.82) is 0 Å². The summed E-state index contributed by atoms with van der Waals surface area (Å²) in [6.07, 6.45) is 0. The standard InChI is InChI=1S/C19H18N2O3.2ClH/c1-11-6-13-8-16-17(24-10-23-16)9-15(13)19(21-11)18(20)12-4-3-5-14(7-12)22-2;;/h3-9,18H,10,20H2,1-2H3;2*1H. The third-order valence-electron chi connectivity index (χ3n) is 4.23. The summed E-state index contributed by atoms with van der Waals surface area (Å²) in [5.74, 6) is 2.26. The van der Waals surface area contributed by atoms with E-state index < -0.39 is 0 Å². The van der Waals surface area contributed by atoms with Crippen molar-refractivity contribution >= 4 is 35.6 Å². The average molecular weight is 395 g/mol. The molecule has 0 amide bonds. The highest BCUT2D eigenvalue weighted by Crippen LogP contribution is 2.38. The van der Waals surface area contributed by atoms with Gasteiger partial charge >= 0.3 is 0 Å². The number of hydrogen-bond acceptors (Lipinski definition) is 5. The minimum absolute atomic E-state index is 0. The molecule has 0 radical (unpaired) electrons. The van der Waals surface area contributed by atoms with Gasteiger partial charge in [0.1, 0.15) is 5.75 Å². The second-order valence-electron chi connectivity index (χ2n) is 5.83. The summed E-state index contributed by atoms with van der Waals surface area (Å²) in [5, 5.41) is 2.01. The van der Waals surface area contributed by atoms with Crippen LogP contribution in [0.3, 0.4) is 0 Å². The second-order valence-corrected chi connectivity index (χ2v) is 5.83. The van der Waals surface area contributed by atoms with Gasteiger partial charge in [0, 0.05) is 11.1 Å². The third kappa shape index (κ3) is 3.51. The van der Waals surface area contributed by atoms with Crippen LogP contribution < -0.4 is 19.9 Å². The fourth-order valence-corrected chi connectivity index (χ4v) is 3.04. The van der Waals surface area contributed by atoms with Crippen LogP contribution in [0.15, 0.2) is 42.5 Å². The van der Waals surface area contributed by atoms with E-state index in [9.17, 15) is 0 Å². The van der Waals surface area contributed by atoms with E-state index in [1.807, 2.05) is 49.4 Å². The molecule has 1 aromatic heterocycles. The molecule has 1 unspecified atom stereocenters. The summed E-state index contributed by atoms with van der Waals surface area (Å²) >= 11 is 0. The number of halogens is 2. The van der Waals surface area contributed by atoms with E-state index in [0.717, 1.165) is 45.0 Å². The maximum absolute atomic E-state index is 6.53. The first kappa shape index (κ1) is 20.1. The van der Waals surface area contributed by atoms with Gasteiger partial charge in [0.15, 0.2) is 11.5 Å². The molecular weight excluding hydrogens is 375 g/mol. The van der Waals surface area contributed by atoms with Crippen LogP contribution in [0.4, 0.5) is 0 Å². The molecule has 26 heavy (non-hydrogen) atoms. The number of ether oxygens (including phenoxy) is 3. The lowest BCUT2D eigenvalue weighted by Crippen LogP contribution is -2.14. The number of rotatable bonds is 3. The highest BCUT2D eigenvalue weighted by molar-refractivity contribution is 5.89. The van der Waals surface area contributed by atoms with Crippen LogP contribution in [-0.4, -0.2) is 18.9 Å². The van der Waals surface area contributed by atoms with Gasteiger partial charge < -0.3 is 19.9 Å². The molecule has 5 nitrogen and oxygen atoms in total. The molecule has 0 saturated heterocycles. The van der Waals surface area contributed by atoms with Gasteiger partial charge in [0.2, 0.25) is 6.79 Å². The van der Waals surface area contributed by atoms with E-state index >= 15 is 0 Å². The summed E-state index contributed by atoms with van der Waals surface area (Å²) < 4.78 is 16.3. The summed E-state index contributed by atoms with van der Waals surface area (Å²) in [6, 6.07) is 13.4. The van der Waals surface area contributed by atoms with E-state index in [4.69, 9.17) is 24.9 Å². The molecule has 1 aliphatic rings. The quantitative estimate of drug-likeness (QED) is 0.721. The number of nitrogens with two attached hydrogens (primary N) is 1. The summed E-state index contributed by atoms with van der Waals surface area (Å²) in [5.41, 5.74) is 9.21. The van der Waals surface area contributed by atoms with E-state index in [-0.39, 0.29) is 37.6 Å². The topological polar surface area (TPSA) is 66.6 Å². The van der Waals surface area contributed by atoms with Crippen LogP contribution in [0.1, 0.15) is 23.0 Å². The van der Waals surface area contributed by atoms with Crippen LogP contribution in [0, 0.1) is 6.92 Å². The molecule has 7 heteroatoms. The summed E-state index contributed by atoms with van der Waals surface area (Å²) in [7, 11) is 1.64. The molecule has 0 spiro atoms. The number of pyridine rings is 1. The van der Waals surface area contributed by atoms with E-state index in [1.165, 1.54) is 0 Å². The van der Waals surface area contributed by atoms with E-state index in [0.29, 0.717) is 0 Å². The maximum Gasteiger partial charge on any atom is 0.231 e. The molecule has 2 heterocycles.